The number of hydrogen-bond donors (Lipinski definition) is 0. The summed E-state index contributed by atoms with van der Waals surface area (Å²) in [6.45, 7) is 0. The highest BCUT2D eigenvalue weighted by Gasteiger charge is 2.82. The van der Waals surface area contributed by atoms with E-state index in [0.717, 1.165) is 44.5 Å². The van der Waals surface area contributed by atoms with Gasteiger partial charge >= 0.3 is 0 Å². The van der Waals surface area contributed by atoms with Crippen molar-refractivity contribution in [3.63, 3.8) is 0 Å². The van der Waals surface area contributed by atoms with Gasteiger partial charge in [0.05, 0.1) is 28.4 Å². The van der Waals surface area contributed by atoms with Crippen LogP contribution in [0.25, 0.3) is 22.3 Å². The number of imide groups is 1. The number of rotatable bonds is 6. The molecule has 0 N–H and O–H groups in total. The Morgan fingerprint density at radius 1 is 0.367 bits per heavy atom. The largest absolute Gasteiger partial charge is 0.297 e. The van der Waals surface area contributed by atoms with E-state index in [-0.39, 0.29) is 17.6 Å². The van der Waals surface area contributed by atoms with Crippen LogP contribution in [0.2, 0.25) is 0 Å². The lowest BCUT2D eigenvalue weighted by Crippen LogP contribution is -2.45. The zero-order valence-corrected chi connectivity index (χ0v) is 26.6. The number of hydrogen-bond acceptors (Lipinski definition) is 3. The molecule has 4 heteroatoms. The third-order valence-corrected chi connectivity index (χ3v) is 10.8. The van der Waals surface area contributed by atoms with Crippen molar-refractivity contribution in [1.82, 2.24) is 0 Å². The van der Waals surface area contributed by atoms with E-state index >= 15 is 14.4 Å². The molecule has 2 aliphatic carbocycles. The summed E-state index contributed by atoms with van der Waals surface area (Å²) < 4.78 is 0. The van der Waals surface area contributed by atoms with Crippen LogP contribution in [0.1, 0.15) is 22.3 Å². The number of benzene rings is 6. The molecule has 49 heavy (non-hydrogen) atoms. The molecular weight excluding hydrogens is 602 g/mol. The van der Waals surface area contributed by atoms with Crippen LogP contribution in [0.15, 0.2) is 176 Å². The van der Waals surface area contributed by atoms with Gasteiger partial charge in [-0.2, -0.15) is 0 Å². The first-order valence-electron chi connectivity index (χ1n) is 16.6. The first-order chi connectivity index (χ1) is 24.1. The van der Waals surface area contributed by atoms with E-state index in [9.17, 15) is 0 Å². The number of carbonyl (C=O) groups excluding carboxylic acids is 3. The zero-order valence-electron chi connectivity index (χ0n) is 26.6. The summed E-state index contributed by atoms with van der Waals surface area (Å²) in [5, 5.41) is 0. The van der Waals surface area contributed by atoms with E-state index in [1.165, 1.54) is 4.90 Å². The second-order valence-corrected chi connectivity index (χ2v) is 13.0. The highest BCUT2D eigenvalue weighted by Crippen LogP contribution is 2.74. The van der Waals surface area contributed by atoms with Crippen molar-refractivity contribution in [3.8, 4) is 11.1 Å². The molecule has 1 saturated heterocycles. The third kappa shape index (κ3) is 3.83. The summed E-state index contributed by atoms with van der Waals surface area (Å²) in [7, 11) is 0. The fourth-order valence-electron chi connectivity index (χ4n) is 9.02. The zero-order chi connectivity index (χ0) is 33.2. The Bertz CT molecular complexity index is 2150. The van der Waals surface area contributed by atoms with Gasteiger partial charge in [-0.15, -0.1) is 0 Å². The number of nitrogens with zero attached hydrogens (tertiary/aromatic N) is 1. The number of carbonyl (C=O) groups is 3. The first kappa shape index (κ1) is 29.0. The highest BCUT2D eigenvalue weighted by atomic mass is 16.2. The van der Waals surface area contributed by atoms with Crippen molar-refractivity contribution in [2.45, 2.75) is 10.8 Å². The van der Waals surface area contributed by atoms with Gasteiger partial charge in [-0.05, 0) is 56.7 Å². The van der Waals surface area contributed by atoms with Crippen LogP contribution >= 0.6 is 0 Å². The Kier molecular flexibility index (Phi) is 6.50. The van der Waals surface area contributed by atoms with Gasteiger partial charge in [0.2, 0.25) is 11.8 Å². The molecule has 0 unspecified atom stereocenters. The van der Waals surface area contributed by atoms with Gasteiger partial charge < -0.3 is 0 Å². The van der Waals surface area contributed by atoms with Gasteiger partial charge in [0.1, 0.15) is 0 Å². The van der Waals surface area contributed by atoms with Crippen molar-refractivity contribution in [2.24, 2.45) is 11.8 Å². The molecule has 4 nitrogen and oxygen atoms in total. The van der Waals surface area contributed by atoms with Gasteiger partial charge in [-0.25, -0.2) is 4.90 Å². The molecule has 1 aliphatic heterocycles. The molecule has 2 fully saturated rings. The van der Waals surface area contributed by atoms with Gasteiger partial charge in [-0.3, -0.25) is 14.4 Å². The number of anilines is 1. The number of allylic oxidation sites excluding steroid dienone is 2. The minimum atomic E-state index is -1.42. The maximum absolute atomic E-state index is 16.0. The van der Waals surface area contributed by atoms with E-state index < -0.39 is 22.7 Å². The van der Waals surface area contributed by atoms with Crippen LogP contribution in [0.3, 0.4) is 0 Å². The topological polar surface area (TPSA) is 54.5 Å². The van der Waals surface area contributed by atoms with E-state index in [2.05, 4.69) is 0 Å². The molecule has 2 amide bonds. The van der Waals surface area contributed by atoms with Crippen molar-refractivity contribution in [2.75, 3.05) is 4.90 Å². The molecule has 4 atom stereocenters. The summed E-state index contributed by atoms with van der Waals surface area (Å²) in [6.07, 6.45) is 0. The maximum Gasteiger partial charge on any atom is 0.239 e. The molecule has 0 aromatic heterocycles. The van der Waals surface area contributed by atoms with Crippen LogP contribution < -0.4 is 4.90 Å². The van der Waals surface area contributed by atoms with Gasteiger partial charge in [-0.1, -0.05) is 164 Å². The van der Waals surface area contributed by atoms with Crippen molar-refractivity contribution in [1.29, 1.82) is 0 Å². The predicted molar refractivity (Wildman–Crippen MR) is 192 cm³/mol. The van der Waals surface area contributed by atoms with Crippen molar-refractivity contribution < 1.29 is 14.4 Å². The van der Waals surface area contributed by atoms with E-state index in [0.29, 0.717) is 5.69 Å². The maximum atomic E-state index is 16.0. The Morgan fingerprint density at radius 3 is 1.08 bits per heavy atom. The third-order valence-electron chi connectivity index (χ3n) is 10.8. The second kappa shape index (κ2) is 11.0. The molecule has 234 valence electrons. The molecule has 3 aliphatic rings. The summed E-state index contributed by atoms with van der Waals surface area (Å²) >= 11 is 0. The monoisotopic (exact) mass is 633 g/mol. The summed E-state index contributed by atoms with van der Waals surface area (Å²) in [6, 6.07) is 56.7. The fourth-order valence-corrected chi connectivity index (χ4v) is 9.02. The smallest absolute Gasteiger partial charge is 0.239 e. The van der Waals surface area contributed by atoms with Crippen LogP contribution in [0, 0.1) is 11.8 Å². The molecule has 6 aromatic rings. The van der Waals surface area contributed by atoms with E-state index in [1.54, 1.807) is 0 Å². The van der Waals surface area contributed by atoms with Crippen LogP contribution in [-0.4, -0.2) is 17.6 Å². The van der Waals surface area contributed by atoms with Gasteiger partial charge in [0, 0.05) is 0 Å². The number of Topliss-reactive ketones (excluding diaryl/α,β-unsaturated/α-hetero) is 1. The molecule has 0 radical (unpaired) electrons. The average Bonchev–Trinajstić information content (AvgIpc) is 3.68. The Labute approximate surface area is 285 Å². The van der Waals surface area contributed by atoms with Crippen molar-refractivity contribution in [3.05, 3.63) is 198 Å². The minimum absolute atomic E-state index is 0.120. The molecule has 6 aromatic carbocycles. The van der Waals surface area contributed by atoms with Crippen LogP contribution in [0.4, 0.5) is 5.69 Å². The molecule has 1 heterocycles. The minimum Gasteiger partial charge on any atom is -0.297 e. The summed E-state index contributed by atoms with van der Waals surface area (Å²) in [5.41, 5.74) is 4.46. The number of fused-ring (bicyclic) bond motifs is 5. The average molecular weight is 634 g/mol. The molecule has 1 saturated carbocycles. The molecule has 0 spiro atoms. The normalized spacial score (nSPS) is 24.1. The van der Waals surface area contributed by atoms with Gasteiger partial charge in [0.25, 0.3) is 0 Å². The summed E-state index contributed by atoms with van der Waals surface area (Å²) in [4.78, 5) is 47.7. The lowest BCUT2D eigenvalue weighted by atomic mass is 9.59. The Hall–Kier alpha value is -6.13. The Balaban J connectivity index is 1.36. The Morgan fingerprint density at radius 2 is 0.694 bits per heavy atom. The fraction of sp³-hybridized carbons (Fsp3) is 0.0889. The SMILES string of the molecule is O=C1[C@@H]2[C@H](C(=O)N1c1ccc(-c3ccccc3)cc1)[C@@]1(c3ccccc3)C(=O)[C@@]2(c2ccccc2)C(c2ccccc2)=C1c1ccccc1. The molecule has 2 bridgehead atoms. The first-order valence-corrected chi connectivity index (χ1v) is 16.6. The summed E-state index contributed by atoms with van der Waals surface area (Å²) in [5.74, 6) is -2.72. The number of ketones is 1. The van der Waals surface area contributed by atoms with Crippen LogP contribution in [0.5, 0.6) is 0 Å². The molecular formula is C45H31NO3. The lowest BCUT2D eigenvalue weighted by Gasteiger charge is -2.39. The standard InChI is InChI=1S/C45H31NO3/c47-41-39-40(42(48)46(41)36-28-26-31(27-29-36)30-16-6-1-7-17-30)45(35-24-14-5-15-25-35)38(33-20-10-3-11-21-33)37(32-18-8-2-9-19-32)44(39,43(45)49)34-22-12-4-13-23-34/h1-29,39-40H/t39-,40+,44-,45-/m0/s1. The lowest BCUT2D eigenvalue weighted by molar-refractivity contribution is -0.130. The van der Waals surface area contributed by atoms with Crippen molar-refractivity contribution >= 4 is 34.4 Å². The predicted octanol–water partition coefficient (Wildman–Crippen LogP) is 8.54. The van der Waals surface area contributed by atoms with E-state index in [1.807, 2.05) is 176 Å². The second-order valence-electron chi connectivity index (χ2n) is 13.0. The molecule has 9 rings (SSSR count). The van der Waals surface area contributed by atoms with Gasteiger partial charge in [0.15, 0.2) is 5.78 Å². The van der Waals surface area contributed by atoms with E-state index in [4.69, 9.17) is 0 Å². The quantitative estimate of drug-likeness (QED) is 0.173. The number of amides is 2. The van der Waals surface area contributed by atoms with Crippen LogP contribution in [-0.2, 0) is 25.2 Å². The highest BCUT2D eigenvalue weighted by molar-refractivity contribution is 6.39.